The van der Waals surface area contributed by atoms with E-state index in [9.17, 15) is 0 Å². The van der Waals surface area contributed by atoms with Gasteiger partial charge in [0.15, 0.2) is 0 Å². The molecule has 4 aromatic rings. The van der Waals surface area contributed by atoms with E-state index < -0.39 is 0 Å². The molecule has 154 valence electrons. The van der Waals surface area contributed by atoms with Gasteiger partial charge in [0.2, 0.25) is 5.95 Å². The molecule has 1 N–H and O–H groups in total. The lowest BCUT2D eigenvalue weighted by molar-refractivity contribution is 0.569. The fourth-order valence-corrected chi connectivity index (χ4v) is 4.32. The number of hydrogen-bond acceptors (Lipinski definition) is 4. The van der Waals surface area contributed by atoms with Crippen LogP contribution in [-0.2, 0) is 0 Å². The zero-order valence-electron chi connectivity index (χ0n) is 17.2. The first-order chi connectivity index (χ1) is 14.3. The predicted molar refractivity (Wildman–Crippen MR) is 129 cm³/mol. The lowest BCUT2D eigenvalue weighted by Crippen LogP contribution is -2.31. The highest BCUT2D eigenvalue weighted by Crippen LogP contribution is 2.30. The fraction of sp³-hybridized carbons (Fsp3) is 0.280. The highest BCUT2D eigenvalue weighted by Gasteiger charge is 2.18. The molecular weight excluding hydrogens is 392 g/mol. The lowest BCUT2D eigenvalue weighted by atomic mass is 9.99. The van der Waals surface area contributed by atoms with E-state index in [1.165, 1.54) is 35.6 Å². The van der Waals surface area contributed by atoms with Gasteiger partial charge in [0.25, 0.3) is 0 Å². The molecule has 5 rings (SSSR count). The summed E-state index contributed by atoms with van der Waals surface area (Å²) in [7, 11) is 0. The minimum absolute atomic E-state index is 0. The third kappa shape index (κ3) is 3.92. The van der Waals surface area contributed by atoms with E-state index in [0.717, 1.165) is 35.8 Å². The molecule has 4 nitrogen and oxygen atoms in total. The van der Waals surface area contributed by atoms with E-state index in [-0.39, 0.29) is 18.4 Å². The second-order valence-corrected chi connectivity index (χ2v) is 7.87. The summed E-state index contributed by atoms with van der Waals surface area (Å²) in [5, 5.41) is 7.31. The van der Waals surface area contributed by atoms with Crippen molar-refractivity contribution in [3.05, 3.63) is 72.3 Å². The Morgan fingerprint density at radius 2 is 1.50 bits per heavy atom. The molecule has 1 saturated heterocycles. The van der Waals surface area contributed by atoms with Crippen molar-refractivity contribution in [3.63, 3.8) is 0 Å². The number of fused-ring (bicyclic) bond motifs is 2. The summed E-state index contributed by atoms with van der Waals surface area (Å²) in [6, 6.07) is 23.5. The molecule has 0 saturated carbocycles. The van der Waals surface area contributed by atoms with Crippen LogP contribution in [0.2, 0.25) is 0 Å². The number of hydrogen-bond donors (Lipinski definition) is 1. The van der Waals surface area contributed by atoms with Gasteiger partial charge in [-0.2, -0.15) is 4.98 Å². The summed E-state index contributed by atoms with van der Waals surface area (Å²) < 4.78 is 0. The van der Waals surface area contributed by atoms with Crippen molar-refractivity contribution in [2.45, 2.75) is 32.2 Å². The fourth-order valence-electron chi connectivity index (χ4n) is 4.32. The van der Waals surface area contributed by atoms with Gasteiger partial charge in [-0.25, -0.2) is 4.98 Å². The first-order valence-electron chi connectivity index (χ1n) is 10.6. The van der Waals surface area contributed by atoms with Crippen LogP contribution >= 0.6 is 12.4 Å². The minimum Gasteiger partial charge on any atom is -0.363 e. The van der Waals surface area contributed by atoms with Gasteiger partial charge in [-0.15, -0.1) is 12.4 Å². The summed E-state index contributed by atoms with van der Waals surface area (Å²) in [6.07, 6.45) is 3.73. The van der Waals surface area contributed by atoms with Crippen LogP contribution < -0.4 is 10.2 Å². The lowest BCUT2D eigenvalue weighted by Gasteiger charge is -2.27. The van der Waals surface area contributed by atoms with Gasteiger partial charge in [0.1, 0.15) is 5.82 Å². The molecule has 1 fully saturated rings. The van der Waals surface area contributed by atoms with Crippen LogP contribution in [0.15, 0.2) is 66.7 Å². The number of halogens is 1. The zero-order valence-corrected chi connectivity index (χ0v) is 18.0. The van der Waals surface area contributed by atoms with Crippen molar-refractivity contribution < 1.29 is 0 Å². The van der Waals surface area contributed by atoms with Crippen LogP contribution in [0.5, 0.6) is 0 Å². The van der Waals surface area contributed by atoms with Gasteiger partial charge in [-0.05, 0) is 54.7 Å². The van der Waals surface area contributed by atoms with Crippen molar-refractivity contribution in [3.8, 4) is 0 Å². The second kappa shape index (κ2) is 8.88. The van der Waals surface area contributed by atoms with Crippen LogP contribution in [0.25, 0.3) is 21.7 Å². The third-order valence-corrected chi connectivity index (χ3v) is 5.87. The highest BCUT2D eigenvalue weighted by molar-refractivity contribution is 5.91. The van der Waals surface area contributed by atoms with Crippen molar-refractivity contribution >= 4 is 45.8 Å². The van der Waals surface area contributed by atoms with Crippen molar-refractivity contribution in [2.24, 2.45) is 0 Å². The highest BCUT2D eigenvalue weighted by atomic mass is 35.5. The molecule has 3 aromatic carbocycles. The summed E-state index contributed by atoms with van der Waals surface area (Å²) in [5.74, 6) is 1.76. The van der Waals surface area contributed by atoms with Crippen LogP contribution in [0.4, 0.5) is 11.8 Å². The Balaban J connectivity index is 0.00000218. The SMILES string of the molecule is CC(Nc1nc(N2CCCCC2)nc2ccccc12)c1cccc2ccccc12.Cl. The average Bonchev–Trinajstić information content (AvgIpc) is 2.79. The number of aromatic nitrogens is 2. The van der Waals surface area contributed by atoms with Gasteiger partial charge in [0.05, 0.1) is 11.6 Å². The minimum atomic E-state index is 0. The molecule has 0 spiro atoms. The molecule has 5 heteroatoms. The van der Waals surface area contributed by atoms with Gasteiger partial charge in [0, 0.05) is 18.5 Å². The van der Waals surface area contributed by atoms with Gasteiger partial charge < -0.3 is 10.2 Å². The number of nitrogens with zero attached hydrogens (tertiary/aromatic N) is 3. The van der Waals surface area contributed by atoms with E-state index in [2.05, 4.69) is 77.8 Å². The maximum Gasteiger partial charge on any atom is 0.227 e. The average molecular weight is 419 g/mol. The third-order valence-electron chi connectivity index (χ3n) is 5.87. The van der Waals surface area contributed by atoms with E-state index in [4.69, 9.17) is 9.97 Å². The monoisotopic (exact) mass is 418 g/mol. The summed E-state index contributed by atoms with van der Waals surface area (Å²) in [5.41, 5.74) is 2.28. The number of piperidine rings is 1. The zero-order chi connectivity index (χ0) is 19.6. The molecule has 0 bridgehead atoms. The van der Waals surface area contributed by atoms with E-state index in [1.54, 1.807) is 0 Å². The first kappa shape index (κ1) is 20.4. The number of anilines is 2. The Morgan fingerprint density at radius 1 is 0.800 bits per heavy atom. The number of benzene rings is 3. The van der Waals surface area contributed by atoms with Crippen LogP contribution in [0.1, 0.15) is 37.8 Å². The number of rotatable bonds is 4. The molecule has 1 unspecified atom stereocenters. The summed E-state index contributed by atoms with van der Waals surface area (Å²) in [6.45, 7) is 4.28. The van der Waals surface area contributed by atoms with Crippen LogP contribution in [-0.4, -0.2) is 23.1 Å². The number of nitrogens with one attached hydrogen (secondary N) is 1. The molecule has 0 amide bonds. The van der Waals surface area contributed by atoms with Gasteiger partial charge in [-0.3, -0.25) is 0 Å². The quantitative estimate of drug-likeness (QED) is 0.418. The molecule has 1 aromatic heterocycles. The second-order valence-electron chi connectivity index (χ2n) is 7.87. The van der Waals surface area contributed by atoms with Gasteiger partial charge >= 0.3 is 0 Å². The Bertz CT molecular complexity index is 1150. The summed E-state index contributed by atoms with van der Waals surface area (Å²) >= 11 is 0. The largest absolute Gasteiger partial charge is 0.363 e. The van der Waals surface area contributed by atoms with Crippen molar-refractivity contribution in [2.75, 3.05) is 23.3 Å². The van der Waals surface area contributed by atoms with Crippen LogP contribution in [0, 0.1) is 0 Å². The molecule has 1 atom stereocenters. The summed E-state index contributed by atoms with van der Waals surface area (Å²) in [4.78, 5) is 12.2. The molecule has 30 heavy (non-hydrogen) atoms. The van der Waals surface area contributed by atoms with E-state index in [1.807, 2.05) is 6.07 Å². The maximum atomic E-state index is 4.97. The molecule has 1 aliphatic heterocycles. The normalized spacial score (nSPS) is 15.0. The molecule has 0 radical (unpaired) electrons. The Labute approximate surface area is 183 Å². The maximum absolute atomic E-state index is 4.97. The standard InChI is InChI=1S/C25H26N4.ClH/c1-18(20-14-9-11-19-10-3-4-12-21(19)20)26-24-22-13-5-6-15-23(22)27-25(28-24)29-16-7-2-8-17-29;/h3-6,9-15,18H,2,7-8,16-17H2,1H3,(H,26,27,28);1H. The smallest absolute Gasteiger partial charge is 0.227 e. The first-order valence-corrected chi connectivity index (χ1v) is 10.6. The van der Waals surface area contributed by atoms with Crippen LogP contribution in [0.3, 0.4) is 0 Å². The van der Waals surface area contributed by atoms with Crippen molar-refractivity contribution in [1.29, 1.82) is 0 Å². The van der Waals surface area contributed by atoms with E-state index >= 15 is 0 Å². The Morgan fingerprint density at radius 3 is 2.33 bits per heavy atom. The van der Waals surface area contributed by atoms with E-state index in [0.29, 0.717) is 0 Å². The Kier molecular flexibility index (Phi) is 6.05. The Hall–Kier alpha value is -2.85. The van der Waals surface area contributed by atoms with Crippen molar-refractivity contribution in [1.82, 2.24) is 9.97 Å². The number of para-hydroxylation sites is 1. The molecule has 0 aliphatic carbocycles. The molecule has 1 aliphatic rings. The molecular formula is C25H27ClN4. The molecule has 2 heterocycles. The predicted octanol–water partition coefficient (Wildman–Crippen LogP) is 6.37. The van der Waals surface area contributed by atoms with Gasteiger partial charge in [-0.1, -0.05) is 54.6 Å². The topological polar surface area (TPSA) is 41.1 Å².